The van der Waals surface area contributed by atoms with Crippen LogP contribution in [0.1, 0.15) is 25.6 Å². The summed E-state index contributed by atoms with van der Waals surface area (Å²) in [5.74, 6) is 0.526. The van der Waals surface area contributed by atoms with E-state index in [1.165, 1.54) is 0 Å². The molecule has 0 aliphatic heterocycles. The second kappa shape index (κ2) is 8.78. The molecule has 5 heteroatoms. The van der Waals surface area contributed by atoms with Gasteiger partial charge in [-0.3, -0.25) is 9.36 Å². The van der Waals surface area contributed by atoms with Crippen molar-refractivity contribution in [2.24, 2.45) is 0 Å². The van der Waals surface area contributed by atoms with Gasteiger partial charge in [-0.15, -0.1) is 0 Å². The number of Topliss-reactive ketones (excluding diaryl/α,β-unsaturated/α-hetero) is 1. The number of rotatable bonds is 7. The number of imidazole rings is 1. The molecule has 0 fully saturated rings. The van der Waals surface area contributed by atoms with Gasteiger partial charge < -0.3 is 4.74 Å². The zero-order valence-corrected chi connectivity index (χ0v) is 18.2. The summed E-state index contributed by atoms with van der Waals surface area (Å²) in [5, 5.41) is 0.632. The normalized spacial score (nSPS) is 12.4. The summed E-state index contributed by atoms with van der Waals surface area (Å²) in [6.07, 6.45) is 4.12. The van der Waals surface area contributed by atoms with E-state index in [0.29, 0.717) is 10.8 Å². The van der Waals surface area contributed by atoms with E-state index >= 15 is 0 Å². The number of ketones is 1. The van der Waals surface area contributed by atoms with Crippen LogP contribution >= 0.6 is 11.6 Å². The molecule has 1 aromatic heterocycles. The molecule has 0 N–H and O–H groups in total. The van der Waals surface area contributed by atoms with Gasteiger partial charge in [-0.25, -0.2) is 4.98 Å². The first-order valence-corrected chi connectivity index (χ1v) is 10.4. The Hall–Kier alpha value is -3.37. The number of carbonyl (C=O) groups is 1. The minimum absolute atomic E-state index is 0.0834. The van der Waals surface area contributed by atoms with E-state index in [2.05, 4.69) is 17.1 Å². The summed E-state index contributed by atoms with van der Waals surface area (Å²) in [5.41, 5.74) is 2.29. The average Bonchev–Trinajstić information content (AvgIpc) is 3.33. The monoisotopic (exact) mass is 430 g/mol. The molecule has 4 aromatic rings. The van der Waals surface area contributed by atoms with Crippen molar-refractivity contribution in [3.8, 4) is 16.9 Å². The number of carbonyl (C=O) groups excluding carboxylic acids is 1. The maximum absolute atomic E-state index is 13.6. The standard InChI is InChI=1S/C26H23ClN2O2/c1-26(2,21-10-12-22(27)13-11-21)24(30)25(29-17-16-28-18-29)31-23-14-8-20(9-15-23)19-6-4-3-5-7-19/h3-18,25H,1-2H3. The van der Waals surface area contributed by atoms with Crippen LogP contribution in [0.15, 0.2) is 97.6 Å². The van der Waals surface area contributed by atoms with Gasteiger partial charge in [0.1, 0.15) is 5.75 Å². The molecule has 4 nitrogen and oxygen atoms in total. The molecule has 31 heavy (non-hydrogen) atoms. The summed E-state index contributed by atoms with van der Waals surface area (Å²) in [6, 6.07) is 25.2. The van der Waals surface area contributed by atoms with Gasteiger partial charge in [0.25, 0.3) is 0 Å². The van der Waals surface area contributed by atoms with Crippen molar-refractivity contribution in [3.63, 3.8) is 0 Å². The van der Waals surface area contributed by atoms with Gasteiger partial charge in [-0.1, -0.05) is 66.2 Å². The van der Waals surface area contributed by atoms with Crippen LogP contribution in [0.2, 0.25) is 5.02 Å². The fourth-order valence-electron chi connectivity index (χ4n) is 3.46. The molecule has 156 valence electrons. The Morgan fingerprint density at radius 2 is 1.58 bits per heavy atom. The second-order valence-corrected chi connectivity index (χ2v) is 8.30. The molecule has 0 radical (unpaired) electrons. The smallest absolute Gasteiger partial charge is 0.237 e. The van der Waals surface area contributed by atoms with Crippen molar-refractivity contribution < 1.29 is 9.53 Å². The third-order valence-electron chi connectivity index (χ3n) is 5.41. The Balaban J connectivity index is 1.62. The number of hydrogen-bond acceptors (Lipinski definition) is 3. The summed E-state index contributed by atoms with van der Waals surface area (Å²) in [7, 11) is 0. The Bertz CT molecular complexity index is 1140. The molecule has 4 rings (SSSR count). The van der Waals surface area contributed by atoms with Gasteiger partial charge in [0.05, 0.1) is 11.7 Å². The number of halogens is 1. The Morgan fingerprint density at radius 3 is 2.19 bits per heavy atom. The van der Waals surface area contributed by atoms with Crippen LogP contribution in [-0.2, 0) is 10.2 Å². The lowest BCUT2D eigenvalue weighted by Gasteiger charge is -2.29. The zero-order chi connectivity index (χ0) is 21.8. The molecule has 1 heterocycles. The number of nitrogens with zero attached hydrogens (tertiary/aromatic N) is 2. The van der Waals surface area contributed by atoms with E-state index in [9.17, 15) is 4.79 Å². The van der Waals surface area contributed by atoms with Gasteiger partial charge in [-0.05, 0) is 54.8 Å². The van der Waals surface area contributed by atoms with Crippen LogP contribution in [0.5, 0.6) is 5.75 Å². The highest BCUT2D eigenvalue weighted by Crippen LogP contribution is 2.32. The van der Waals surface area contributed by atoms with E-state index in [0.717, 1.165) is 16.7 Å². The van der Waals surface area contributed by atoms with Crippen LogP contribution in [-0.4, -0.2) is 15.3 Å². The van der Waals surface area contributed by atoms with Gasteiger partial charge in [-0.2, -0.15) is 0 Å². The summed E-state index contributed by atoms with van der Waals surface area (Å²) < 4.78 is 7.88. The highest BCUT2D eigenvalue weighted by molar-refractivity contribution is 6.30. The number of hydrogen-bond donors (Lipinski definition) is 0. The Morgan fingerprint density at radius 1 is 0.935 bits per heavy atom. The third-order valence-corrected chi connectivity index (χ3v) is 5.66. The molecule has 0 saturated carbocycles. The van der Waals surface area contributed by atoms with Gasteiger partial charge in [0, 0.05) is 17.4 Å². The highest BCUT2D eigenvalue weighted by atomic mass is 35.5. The maximum Gasteiger partial charge on any atom is 0.237 e. The lowest BCUT2D eigenvalue weighted by molar-refractivity contribution is -0.134. The largest absolute Gasteiger partial charge is 0.463 e. The summed E-state index contributed by atoms with van der Waals surface area (Å²) in [4.78, 5) is 17.7. The predicted octanol–water partition coefficient (Wildman–Crippen LogP) is 6.33. The Labute approximate surface area is 187 Å². The van der Waals surface area contributed by atoms with Crippen LogP contribution in [0.4, 0.5) is 0 Å². The van der Waals surface area contributed by atoms with Crippen molar-refractivity contribution in [2.45, 2.75) is 25.5 Å². The number of ether oxygens (including phenoxy) is 1. The molecule has 1 atom stereocenters. The molecule has 3 aromatic carbocycles. The van der Waals surface area contributed by atoms with Crippen LogP contribution < -0.4 is 4.74 Å². The minimum atomic E-state index is -0.851. The van der Waals surface area contributed by atoms with Crippen molar-refractivity contribution in [3.05, 3.63) is 108 Å². The highest BCUT2D eigenvalue weighted by Gasteiger charge is 2.37. The first kappa shape index (κ1) is 20.9. The molecular formula is C26H23ClN2O2. The molecule has 0 aliphatic carbocycles. The van der Waals surface area contributed by atoms with E-state index < -0.39 is 11.6 Å². The quantitative estimate of drug-likeness (QED) is 0.344. The maximum atomic E-state index is 13.6. The molecule has 1 unspecified atom stereocenters. The predicted molar refractivity (Wildman–Crippen MR) is 123 cm³/mol. The van der Waals surface area contributed by atoms with Crippen molar-refractivity contribution in [1.82, 2.24) is 9.55 Å². The van der Waals surface area contributed by atoms with Crippen molar-refractivity contribution in [1.29, 1.82) is 0 Å². The Kier molecular flexibility index (Phi) is 5.92. The van der Waals surface area contributed by atoms with E-state index in [1.54, 1.807) is 35.4 Å². The summed E-state index contributed by atoms with van der Waals surface area (Å²) in [6.45, 7) is 3.79. The van der Waals surface area contributed by atoms with Gasteiger partial charge >= 0.3 is 0 Å². The average molecular weight is 431 g/mol. The topological polar surface area (TPSA) is 44.1 Å². The fourth-order valence-corrected chi connectivity index (χ4v) is 3.59. The third kappa shape index (κ3) is 4.54. The molecule has 0 saturated heterocycles. The summed E-state index contributed by atoms with van der Waals surface area (Å²) >= 11 is 6.03. The van der Waals surface area contributed by atoms with Crippen LogP contribution in [0.3, 0.4) is 0 Å². The molecule has 0 spiro atoms. The van der Waals surface area contributed by atoms with E-state index in [-0.39, 0.29) is 5.78 Å². The number of aromatic nitrogens is 2. The van der Waals surface area contributed by atoms with E-state index in [4.69, 9.17) is 16.3 Å². The van der Waals surface area contributed by atoms with Crippen LogP contribution in [0, 0.1) is 0 Å². The number of benzene rings is 3. The lowest BCUT2D eigenvalue weighted by atomic mass is 9.80. The molecular weight excluding hydrogens is 408 g/mol. The van der Waals surface area contributed by atoms with Crippen LogP contribution in [0.25, 0.3) is 11.1 Å². The molecule has 0 amide bonds. The second-order valence-electron chi connectivity index (χ2n) is 7.87. The first-order valence-electron chi connectivity index (χ1n) is 10.0. The fraction of sp³-hybridized carbons (Fsp3) is 0.154. The SMILES string of the molecule is CC(C)(C(=O)C(Oc1ccc(-c2ccccc2)cc1)n1ccnc1)c1ccc(Cl)cc1. The molecule has 0 bridgehead atoms. The van der Waals surface area contributed by atoms with Gasteiger partial charge in [0.15, 0.2) is 0 Å². The van der Waals surface area contributed by atoms with E-state index in [1.807, 2.05) is 68.4 Å². The van der Waals surface area contributed by atoms with Crippen molar-refractivity contribution >= 4 is 17.4 Å². The minimum Gasteiger partial charge on any atom is -0.463 e. The van der Waals surface area contributed by atoms with Crippen molar-refractivity contribution in [2.75, 3.05) is 0 Å². The zero-order valence-electron chi connectivity index (χ0n) is 17.4. The first-order chi connectivity index (χ1) is 14.9. The van der Waals surface area contributed by atoms with Gasteiger partial charge in [0.2, 0.25) is 12.0 Å². The lowest BCUT2D eigenvalue weighted by Crippen LogP contribution is -2.38. The molecule has 0 aliphatic rings.